The molecule has 0 spiro atoms. The Bertz CT molecular complexity index is 326. The summed E-state index contributed by atoms with van der Waals surface area (Å²) in [4.78, 5) is 2.51. The van der Waals surface area contributed by atoms with Gasteiger partial charge in [0.05, 0.1) is 12.6 Å². The standard InChI is InChI=1S/C13H22N2OS/c1-10(14)13(12-4-6-17-9-12)15-5-3-11(7-15)8-16-2/h4,6,9-11,13H,3,5,7-8,14H2,1-2H3. The van der Waals surface area contributed by atoms with Gasteiger partial charge in [-0.25, -0.2) is 0 Å². The number of nitrogens with zero attached hydrogens (tertiary/aromatic N) is 1. The van der Waals surface area contributed by atoms with Crippen LogP contribution in [0.15, 0.2) is 16.8 Å². The van der Waals surface area contributed by atoms with E-state index in [1.165, 1.54) is 12.0 Å². The Hall–Kier alpha value is -0.420. The van der Waals surface area contributed by atoms with Gasteiger partial charge in [0.25, 0.3) is 0 Å². The third kappa shape index (κ3) is 3.07. The van der Waals surface area contributed by atoms with Crippen molar-refractivity contribution >= 4 is 11.3 Å². The van der Waals surface area contributed by atoms with Crippen molar-refractivity contribution in [1.29, 1.82) is 0 Å². The van der Waals surface area contributed by atoms with E-state index in [1.807, 2.05) is 0 Å². The maximum Gasteiger partial charge on any atom is 0.0504 e. The molecule has 1 aliphatic heterocycles. The maximum atomic E-state index is 6.16. The molecule has 2 heterocycles. The molecule has 0 amide bonds. The Kier molecular flexibility index (Phi) is 4.56. The molecule has 4 heteroatoms. The van der Waals surface area contributed by atoms with Gasteiger partial charge in [0, 0.05) is 19.7 Å². The SMILES string of the molecule is COCC1CCN(C(c2ccsc2)C(C)N)C1. The van der Waals surface area contributed by atoms with Crippen LogP contribution in [-0.4, -0.2) is 37.7 Å². The molecule has 3 atom stereocenters. The van der Waals surface area contributed by atoms with Crippen molar-refractivity contribution in [2.24, 2.45) is 11.7 Å². The second-order valence-corrected chi connectivity index (χ2v) is 5.75. The number of rotatable bonds is 5. The fraction of sp³-hybridized carbons (Fsp3) is 0.692. The summed E-state index contributed by atoms with van der Waals surface area (Å²) in [6.45, 7) is 5.21. The van der Waals surface area contributed by atoms with Crippen LogP contribution in [-0.2, 0) is 4.74 Å². The number of methoxy groups -OCH3 is 1. The van der Waals surface area contributed by atoms with Crippen LogP contribution in [0.2, 0.25) is 0 Å². The third-order valence-corrected chi connectivity index (χ3v) is 4.20. The molecule has 1 fully saturated rings. The number of hydrogen-bond acceptors (Lipinski definition) is 4. The summed E-state index contributed by atoms with van der Waals surface area (Å²) in [5.74, 6) is 0.667. The highest BCUT2D eigenvalue weighted by Gasteiger charge is 2.31. The topological polar surface area (TPSA) is 38.5 Å². The first kappa shape index (κ1) is 13.0. The first-order valence-electron chi connectivity index (χ1n) is 6.23. The quantitative estimate of drug-likeness (QED) is 0.874. The summed E-state index contributed by atoms with van der Waals surface area (Å²) in [5, 5.41) is 4.35. The van der Waals surface area contributed by atoms with Gasteiger partial charge in [0.2, 0.25) is 0 Å². The number of ether oxygens (including phenoxy) is 1. The zero-order chi connectivity index (χ0) is 12.3. The zero-order valence-electron chi connectivity index (χ0n) is 10.6. The maximum absolute atomic E-state index is 6.16. The average molecular weight is 254 g/mol. The van der Waals surface area contributed by atoms with Gasteiger partial charge in [-0.05, 0) is 48.2 Å². The number of thiophene rings is 1. The van der Waals surface area contributed by atoms with Crippen molar-refractivity contribution in [2.45, 2.75) is 25.4 Å². The van der Waals surface area contributed by atoms with Crippen molar-refractivity contribution in [1.82, 2.24) is 4.90 Å². The van der Waals surface area contributed by atoms with E-state index in [1.54, 1.807) is 18.4 Å². The largest absolute Gasteiger partial charge is 0.384 e. The molecule has 0 aromatic carbocycles. The van der Waals surface area contributed by atoms with Crippen molar-refractivity contribution < 1.29 is 4.74 Å². The van der Waals surface area contributed by atoms with E-state index in [0.29, 0.717) is 12.0 Å². The minimum atomic E-state index is 0.172. The summed E-state index contributed by atoms with van der Waals surface area (Å²) in [6.07, 6.45) is 1.22. The van der Waals surface area contributed by atoms with Gasteiger partial charge in [-0.2, -0.15) is 11.3 Å². The first-order valence-corrected chi connectivity index (χ1v) is 7.17. The van der Waals surface area contributed by atoms with Gasteiger partial charge in [-0.3, -0.25) is 4.90 Å². The Balaban J connectivity index is 2.03. The van der Waals surface area contributed by atoms with E-state index >= 15 is 0 Å². The van der Waals surface area contributed by atoms with E-state index in [0.717, 1.165) is 19.7 Å². The fourth-order valence-corrected chi connectivity index (χ4v) is 3.47. The molecule has 2 N–H and O–H groups in total. The Morgan fingerprint density at radius 3 is 3.06 bits per heavy atom. The van der Waals surface area contributed by atoms with Crippen LogP contribution in [0.3, 0.4) is 0 Å². The normalized spacial score (nSPS) is 25.0. The molecular weight excluding hydrogens is 232 g/mol. The van der Waals surface area contributed by atoms with Crippen LogP contribution in [0.25, 0.3) is 0 Å². The van der Waals surface area contributed by atoms with Crippen LogP contribution >= 0.6 is 11.3 Å². The second-order valence-electron chi connectivity index (χ2n) is 4.97. The Morgan fingerprint density at radius 2 is 2.47 bits per heavy atom. The molecule has 0 aliphatic carbocycles. The molecule has 0 radical (unpaired) electrons. The van der Waals surface area contributed by atoms with Gasteiger partial charge in [-0.1, -0.05) is 0 Å². The lowest BCUT2D eigenvalue weighted by atomic mass is 10.0. The number of nitrogens with two attached hydrogens (primary N) is 1. The lowest BCUT2D eigenvalue weighted by Crippen LogP contribution is -2.38. The van der Waals surface area contributed by atoms with Gasteiger partial charge < -0.3 is 10.5 Å². The summed E-state index contributed by atoms with van der Waals surface area (Å²) >= 11 is 1.75. The molecule has 1 aliphatic rings. The predicted molar refractivity (Wildman–Crippen MR) is 72.3 cm³/mol. The van der Waals surface area contributed by atoms with Crippen molar-refractivity contribution in [3.8, 4) is 0 Å². The molecule has 96 valence electrons. The zero-order valence-corrected chi connectivity index (χ0v) is 11.5. The number of likely N-dealkylation sites (tertiary alicyclic amines) is 1. The molecule has 0 bridgehead atoms. The highest BCUT2D eigenvalue weighted by Crippen LogP contribution is 2.30. The van der Waals surface area contributed by atoms with Gasteiger partial charge >= 0.3 is 0 Å². The van der Waals surface area contributed by atoms with Crippen LogP contribution in [0, 0.1) is 5.92 Å². The molecule has 1 aromatic heterocycles. The van der Waals surface area contributed by atoms with E-state index < -0.39 is 0 Å². The molecule has 17 heavy (non-hydrogen) atoms. The summed E-state index contributed by atoms with van der Waals surface area (Å²) in [6, 6.07) is 2.73. The van der Waals surface area contributed by atoms with Crippen molar-refractivity contribution in [3.05, 3.63) is 22.4 Å². The van der Waals surface area contributed by atoms with Crippen LogP contribution in [0.5, 0.6) is 0 Å². The van der Waals surface area contributed by atoms with E-state index in [9.17, 15) is 0 Å². The molecule has 1 saturated heterocycles. The number of hydrogen-bond donors (Lipinski definition) is 1. The fourth-order valence-electron chi connectivity index (χ4n) is 2.78. The summed E-state index contributed by atoms with van der Waals surface area (Å²) in [7, 11) is 1.78. The smallest absolute Gasteiger partial charge is 0.0504 e. The monoisotopic (exact) mass is 254 g/mol. The minimum Gasteiger partial charge on any atom is -0.384 e. The Labute approximate surface area is 108 Å². The van der Waals surface area contributed by atoms with Crippen LogP contribution < -0.4 is 5.73 Å². The average Bonchev–Trinajstić information content (AvgIpc) is 2.91. The lowest BCUT2D eigenvalue weighted by molar-refractivity contribution is 0.143. The Morgan fingerprint density at radius 1 is 1.65 bits per heavy atom. The molecule has 2 rings (SSSR count). The summed E-state index contributed by atoms with van der Waals surface area (Å²) < 4.78 is 5.25. The van der Waals surface area contributed by atoms with Crippen LogP contribution in [0.1, 0.15) is 24.9 Å². The van der Waals surface area contributed by atoms with Crippen molar-refractivity contribution in [2.75, 3.05) is 26.8 Å². The predicted octanol–water partition coefficient (Wildman–Crippen LogP) is 2.10. The highest BCUT2D eigenvalue weighted by atomic mass is 32.1. The van der Waals surface area contributed by atoms with Crippen LogP contribution in [0.4, 0.5) is 0 Å². The van der Waals surface area contributed by atoms with Gasteiger partial charge in [0.1, 0.15) is 0 Å². The molecular formula is C13H22N2OS. The van der Waals surface area contributed by atoms with Gasteiger partial charge in [0.15, 0.2) is 0 Å². The summed E-state index contributed by atoms with van der Waals surface area (Å²) in [5.41, 5.74) is 7.52. The third-order valence-electron chi connectivity index (χ3n) is 3.50. The van der Waals surface area contributed by atoms with E-state index in [-0.39, 0.29) is 6.04 Å². The lowest BCUT2D eigenvalue weighted by Gasteiger charge is -2.30. The van der Waals surface area contributed by atoms with E-state index in [2.05, 4.69) is 28.7 Å². The minimum absolute atomic E-state index is 0.172. The van der Waals surface area contributed by atoms with Crippen molar-refractivity contribution in [3.63, 3.8) is 0 Å². The molecule has 3 unspecified atom stereocenters. The highest BCUT2D eigenvalue weighted by molar-refractivity contribution is 7.07. The van der Waals surface area contributed by atoms with E-state index in [4.69, 9.17) is 10.5 Å². The second kappa shape index (κ2) is 5.96. The first-order chi connectivity index (χ1) is 8.22. The molecule has 3 nitrogen and oxygen atoms in total. The molecule has 0 saturated carbocycles. The molecule has 1 aromatic rings. The van der Waals surface area contributed by atoms with Gasteiger partial charge in [-0.15, -0.1) is 0 Å².